The molecule has 0 aromatic heterocycles. The molecule has 0 aliphatic heterocycles. The quantitative estimate of drug-likeness (QED) is 0.164. The molecule has 1 aromatic carbocycles. The third kappa shape index (κ3) is 13.8. The molecule has 0 unspecified atom stereocenters. The number of carbonyl (C=O) groups is 1. The van der Waals surface area contributed by atoms with Gasteiger partial charge in [-0.15, -0.1) is 0 Å². The summed E-state index contributed by atoms with van der Waals surface area (Å²) in [5.41, 5.74) is 1.36. The summed E-state index contributed by atoms with van der Waals surface area (Å²) < 4.78 is 0. The summed E-state index contributed by atoms with van der Waals surface area (Å²) in [6.07, 6.45) is 15.3. The molecule has 1 rings (SSSR count). The van der Waals surface area contributed by atoms with Crippen LogP contribution in [-0.2, 0) is 0 Å². The summed E-state index contributed by atoms with van der Waals surface area (Å²) in [7, 11) is -1.04. The van der Waals surface area contributed by atoms with E-state index in [0.717, 1.165) is 12.2 Å². The number of carboxylic acid groups (broad SMARTS) is 1. The van der Waals surface area contributed by atoms with Crippen molar-refractivity contribution < 1.29 is 9.90 Å². The molecule has 3 nitrogen and oxygen atoms in total. The van der Waals surface area contributed by atoms with Gasteiger partial charge in [0.15, 0.2) is 0 Å². The Labute approximate surface area is 215 Å². The van der Waals surface area contributed by atoms with Crippen molar-refractivity contribution in [2.75, 3.05) is 11.9 Å². The fourth-order valence-electron chi connectivity index (χ4n) is 4.48. The Bertz CT molecular complexity index is 561. The van der Waals surface area contributed by atoms with Gasteiger partial charge in [-0.25, -0.2) is 4.79 Å². The molecule has 0 atom stereocenters. The van der Waals surface area contributed by atoms with E-state index in [2.05, 4.69) is 26.1 Å². The van der Waals surface area contributed by atoms with E-state index in [9.17, 15) is 4.79 Å². The summed E-state index contributed by atoms with van der Waals surface area (Å²) >= 11 is 0. The van der Waals surface area contributed by atoms with Crippen LogP contribution >= 0.6 is 0 Å². The zero-order chi connectivity index (χ0) is 22.1. The standard InChI is InChI=1S/C26H47NO2Si.Na.H/c1-4-7-8-9-10-11-12-15-22-30(5-2,6-3)23-16-13-14-21-27-25-19-17-24(18-20-25)26(28)29;;/h17-20,27H,4-16,21-23H2,1-3H3,(H,28,29);;. The Morgan fingerprint density at radius 2 is 1.26 bits per heavy atom. The topological polar surface area (TPSA) is 49.3 Å². The number of anilines is 1. The number of nitrogens with one attached hydrogen (secondary N) is 1. The fourth-order valence-corrected chi connectivity index (χ4v) is 8.65. The molecular formula is C26H48NNaO2Si. The molecule has 0 saturated carbocycles. The molecule has 0 fully saturated rings. The van der Waals surface area contributed by atoms with Crippen LogP contribution in [0.3, 0.4) is 0 Å². The van der Waals surface area contributed by atoms with Crippen molar-refractivity contribution in [1.82, 2.24) is 0 Å². The van der Waals surface area contributed by atoms with Crippen LogP contribution in [0.4, 0.5) is 5.69 Å². The minimum atomic E-state index is -1.04. The second-order valence-electron chi connectivity index (χ2n) is 9.05. The van der Waals surface area contributed by atoms with Crippen molar-refractivity contribution in [2.24, 2.45) is 0 Å². The van der Waals surface area contributed by atoms with Crippen molar-refractivity contribution in [2.45, 2.75) is 116 Å². The first-order valence-corrected chi connectivity index (χ1v) is 15.5. The molecule has 174 valence electrons. The van der Waals surface area contributed by atoms with Gasteiger partial charge in [0.2, 0.25) is 0 Å². The number of carboxylic acids is 1. The van der Waals surface area contributed by atoms with E-state index in [1.165, 1.54) is 88.8 Å². The first-order chi connectivity index (χ1) is 14.6. The Hall–Kier alpha value is -0.293. The zero-order valence-electron chi connectivity index (χ0n) is 20.0. The number of rotatable bonds is 19. The average molecular weight is 458 g/mol. The summed E-state index contributed by atoms with van der Waals surface area (Å²) in [6, 6.07) is 13.0. The third-order valence-corrected chi connectivity index (χ3v) is 12.7. The van der Waals surface area contributed by atoms with Crippen molar-refractivity contribution in [1.29, 1.82) is 0 Å². The molecule has 0 radical (unpaired) electrons. The minimum absolute atomic E-state index is 0. The normalized spacial score (nSPS) is 11.2. The molecule has 31 heavy (non-hydrogen) atoms. The van der Waals surface area contributed by atoms with E-state index < -0.39 is 14.0 Å². The van der Waals surface area contributed by atoms with Crippen LogP contribution in [0.5, 0.6) is 0 Å². The molecule has 0 bridgehead atoms. The van der Waals surface area contributed by atoms with E-state index >= 15 is 0 Å². The average Bonchev–Trinajstić information content (AvgIpc) is 2.77. The summed E-state index contributed by atoms with van der Waals surface area (Å²) in [5.74, 6) is -0.868. The second kappa shape index (κ2) is 19.2. The number of unbranched alkanes of at least 4 members (excludes halogenated alkanes) is 9. The van der Waals surface area contributed by atoms with E-state index in [4.69, 9.17) is 5.11 Å². The zero-order valence-corrected chi connectivity index (χ0v) is 21.0. The molecule has 0 spiro atoms. The van der Waals surface area contributed by atoms with Gasteiger partial charge < -0.3 is 10.4 Å². The number of hydrogen-bond donors (Lipinski definition) is 2. The Morgan fingerprint density at radius 1 is 0.774 bits per heavy atom. The first kappa shape index (κ1) is 30.7. The molecule has 0 heterocycles. The Morgan fingerprint density at radius 3 is 1.74 bits per heavy atom. The molecule has 5 heteroatoms. The predicted molar refractivity (Wildman–Crippen MR) is 142 cm³/mol. The summed E-state index contributed by atoms with van der Waals surface area (Å²) in [6.45, 7) is 8.15. The van der Waals surface area contributed by atoms with Gasteiger partial charge in [0.05, 0.1) is 13.6 Å². The molecule has 0 amide bonds. The van der Waals surface area contributed by atoms with Crippen LogP contribution in [0.1, 0.15) is 102 Å². The first-order valence-electron chi connectivity index (χ1n) is 12.6. The maximum absolute atomic E-state index is 10.9. The summed E-state index contributed by atoms with van der Waals surface area (Å²) in [4.78, 5) is 10.9. The Kier molecular flexibility index (Phi) is 19.0. The van der Waals surface area contributed by atoms with Gasteiger partial charge in [-0.3, -0.25) is 0 Å². The van der Waals surface area contributed by atoms with Crippen LogP contribution in [0.25, 0.3) is 0 Å². The van der Waals surface area contributed by atoms with Gasteiger partial charge in [0.1, 0.15) is 0 Å². The van der Waals surface area contributed by atoms with Crippen LogP contribution in [-0.4, -0.2) is 55.3 Å². The molecule has 2 N–H and O–H groups in total. The van der Waals surface area contributed by atoms with E-state index in [1.54, 1.807) is 18.2 Å². The van der Waals surface area contributed by atoms with Gasteiger partial charge in [-0.2, -0.15) is 0 Å². The van der Waals surface area contributed by atoms with Crippen molar-refractivity contribution >= 4 is 49.3 Å². The molecule has 1 aromatic rings. The monoisotopic (exact) mass is 457 g/mol. The summed E-state index contributed by atoms with van der Waals surface area (Å²) in [5, 5.41) is 12.4. The van der Waals surface area contributed by atoms with E-state index in [1.807, 2.05) is 12.1 Å². The van der Waals surface area contributed by atoms with Gasteiger partial charge in [-0.05, 0) is 30.7 Å². The SMILES string of the molecule is CCCCCCCCCC[Si](CC)(CC)CCCCCNc1ccc(C(=O)O)cc1.[NaH]. The Balaban J connectivity index is 0.00000900. The maximum atomic E-state index is 10.9. The molecule has 0 aliphatic carbocycles. The van der Waals surface area contributed by atoms with Gasteiger partial charge in [0, 0.05) is 12.2 Å². The van der Waals surface area contributed by atoms with Crippen molar-refractivity contribution in [3.8, 4) is 0 Å². The van der Waals surface area contributed by atoms with Gasteiger partial charge >= 0.3 is 35.5 Å². The van der Waals surface area contributed by atoms with Crippen LogP contribution < -0.4 is 5.32 Å². The van der Waals surface area contributed by atoms with Crippen molar-refractivity contribution in [3.63, 3.8) is 0 Å². The van der Waals surface area contributed by atoms with Crippen LogP contribution in [0.15, 0.2) is 24.3 Å². The number of aromatic carboxylic acids is 1. The van der Waals surface area contributed by atoms with E-state index in [0.29, 0.717) is 5.56 Å². The van der Waals surface area contributed by atoms with E-state index in [-0.39, 0.29) is 29.6 Å². The third-order valence-electron chi connectivity index (χ3n) is 6.91. The van der Waals surface area contributed by atoms with Crippen molar-refractivity contribution in [3.05, 3.63) is 29.8 Å². The molecule has 0 saturated heterocycles. The number of hydrogen-bond acceptors (Lipinski definition) is 2. The molecule has 0 aliphatic rings. The second-order valence-corrected chi connectivity index (χ2v) is 14.5. The van der Waals surface area contributed by atoms with Gasteiger partial charge in [0.25, 0.3) is 0 Å². The predicted octanol–water partition coefficient (Wildman–Crippen LogP) is 7.95. The molecular weight excluding hydrogens is 409 g/mol. The van der Waals surface area contributed by atoms with Gasteiger partial charge in [-0.1, -0.05) is 109 Å². The van der Waals surface area contributed by atoms with Crippen LogP contribution in [0, 0.1) is 0 Å². The van der Waals surface area contributed by atoms with Crippen LogP contribution in [0.2, 0.25) is 24.2 Å². The number of benzene rings is 1. The fraction of sp³-hybridized carbons (Fsp3) is 0.731.